The summed E-state index contributed by atoms with van der Waals surface area (Å²) in [7, 11) is 0. The topological polar surface area (TPSA) is 53.6 Å². The van der Waals surface area contributed by atoms with Gasteiger partial charge in [0.25, 0.3) is 0 Å². The lowest BCUT2D eigenvalue weighted by atomic mass is 10.2. The molecule has 0 amide bonds. The number of hydrogen-bond donors (Lipinski definition) is 1. The molecule has 2 aliphatic heterocycles. The third-order valence-corrected chi connectivity index (χ3v) is 4.90. The van der Waals surface area contributed by atoms with Gasteiger partial charge in [-0.3, -0.25) is 0 Å². The molecule has 7 heteroatoms. The van der Waals surface area contributed by atoms with Crippen LogP contribution in [-0.4, -0.2) is 49.4 Å². The normalized spacial score (nSPS) is 17.0. The number of hydrogen-bond acceptors (Lipinski definition) is 5. The highest BCUT2D eigenvalue weighted by Gasteiger charge is 2.21. The number of aromatic nitrogens is 2. The lowest BCUT2D eigenvalue weighted by Crippen LogP contribution is -2.46. The Morgan fingerprint density at radius 1 is 0.885 bits per heavy atom. The third kappa shape index (κ3) is 2.69. The number of halogens is 1. The maximum atomic E-state index is 13.1. The van der Waals surface area contributed by atoms with Crippen molar-refractivity contribution >= 4 is 22.7 Å². The lowest BCUT2D eigenvalue weighted by molar-refractivity contribution is 0.172. The average molecular weight is 354 g/mol. The Bertz CT molecular complexity index is 890. The van der Waals surface area contributed by atoms with E-state index in [0.717, 1.165) is 60.3 Å². The molecule has 0 unspecified atom stereocenters. The van der Waals surface area contributed by atoms with Crippen molar-refractivity contribution in [2.45, 2.75) is 0 Å². The number of H-pyrrole nitrogens is 1. The van der Waals surface area contributed by atoms with Gasteiger partial charge in [-0.1, -0.05) is 0 Å². The minimum Gasteiger partial charge on any atom is -0.486 e. The van der Waals surface area contributed by atoms with Crippen molar-refractivity contribution in [3.8, 4) is 11.5 Å². The minimum atomic E-state index is -0.203. The molecule has 0 radical (unpaired) electrons. The van der Waals surface area contributed by atoms with Crippen molar-refractivity contribution in [3.63, 3.8) is 0 Å². The van der Waals surface area contributed by atoms with Crippen LogP contribution >= 0.6 is 0 Å². The fourth-order valence-electron chi connectivity index (χ4n) is 3.51. The largest absolute Gasteiger partial charge is 0.486 e. The number of rotatable bonds is 2. The summed E-state index contributed by atoms with van der Waals surface area (Å²) in [4.78, 5) is 12.6. The zero-order valence-electron chi connectivity index (χ0n) is 14.2. The molecule has 6 nitrogen and oxygen atoms in total. The van der Waals surface area contributed by atoms with E-state index >= 15 is 0 Å². The fourth-order valence-corrected chi connectivity index (χ4v) is 3.51. The maximum absolute atomic E-state index is 13.1. The number of nitrogens with one attached hydrogen (secondary N) is 1. The number of aromatic amines is 1. The molecular formula is C19H19FN4O2. The van der Waals surface area contributed by atoms with Gasteiger partial charge in [-0.25, -0.2) is 9.37 Å². The lowest BCUT2D eigenvalue weighted by Gasteiger charge is -2.35. The summed E-state index contributed by atoms with van der Waals surface area (Å²) in [5.41, 5.74) is 2.88. The van der Waals surface area contributed by atoms with Gasteiger partial charge in [-0.05, 0) is 24.3 Å². The number of benzene rings is 2. The summed E-state index contributed by atoms with van der Waals surface area (Å²) in [5.74, 6) is 2.18. The van der Waals surface area contributed by atoms with Gasteiger partial charge in [0.1, 0.15) is 19.0 Å². The highest BCUT2D eigenvalue weighted by atomic mass is 19.1. The van der Waals surface area contributed by atoms with Gasteiger partial charge < -0.3 is 24.3 Å². The van der Waals surface area contributed by atoms with Crippen LogP contribution in [0.5, 0.6) is 11.5 Å². The number of imidazole rings is 1. The number of nitrogens with zero attached hydrogens (tertiary/aromatic N) is 3. The fraction of sp³-hybridized carbons (Fsp3) is 0.316. The molecule has 0 saturated carbocycles. The van der Waals surface area contributed by atoms with E-state index in [1.54, 1.807) is 0 Å². The standard InChI is InChI=1S/C19H19FN4O2/c20-13-1-3-14(4-2-13)23-5-7-24(8-6-23)19-21-15-11-17-18(12-16(15)22-19)26-10-9-25-17/h1-4,11-12H,5-10H2,(H,21,22). The van der Waals surface area contributed by atoms with E-state index in [-0.39, 0.29) is 5.82 Å². The van der Waals surface area contributed by atoms with Crippen molar-refractivity contribution in [1.29, 1.82) is 0 Å². The summed E-state index contributed by atoms with van der Waals surface area (Å²) in [6.45, 7) is 4.58. The van der Waals surface area contributed by atoms with Gasteiger partial charge in [0.2, 0.25) is 5.95 Å². The van der Waals surface area contributed by atoms with Crippen LogP contribution in [0.2, 0.25) is 0 Å². The van der Waals surface area contributed by atoms with Gasteiger partial charge in [0.15, 0.2) is 11.5 Å². The first kappa shape index (κ1) is 15.3. The molecular weight excluding hydrogens is 335 g/mol. The van der Waals surface area contributed by atoms with E-state index in [1.165, 1.54) is 12.1 Å². The second-order valence-corrected chi connectivity index (χ2v) is 6.52. The molecule has 134 valence electrons. The first-order valence-electron chi connectivity index (χ1n) is 8.81. The Balaban J connectivity index is 1.34. The van der Waals surface area contributed by atoms with Crippen molar-refractivity contribution in [3.05, 3.63) is 42.2 Å². The number of piperazine rings is 1. The van der Waals surface area contributed by atoms with Gasteiger partial charge in [-0.15, -0.1) is 0 Å². The molecule has 0 atom stereocenters. The van der Waals surface area contributed by atoms with Crippen LogP contribution in [0.1, 0.15) is 0 Å². The SMILES string of the molecule is Fc1ccc(N2CCN(c3nc4cc5c(cc4[nH]3)OCCO5)CC2)cc1. The monoisotopic (exact) mass is 354 g/mol. The highest BCUT2D eigenvalue weighted by Crippen LogP contribution is 2.34. The van der Waals surface area contributed by atoms with Crippen molar-refractivity contribution < 1.29 is 13.9 Å². The Labute approximate surface area is 150 Å². The van der Waals surface area contributed by atoms with Crippen LogP contribution in [0.4, 0.5) is 16.0 Å². The molecule has 0 bridgehead atoms. The maximum Gasteiger partial charge on any atom is 0.203 e. The minimum absolute atomic E-state index is 0.203. The van der Waals surface area contributed by atoms with E-state index in [9.17, 15) is 4.39 Å². The summed E-state index contributed by atoms with van der Waals surface area (Å²) >= 11 is 0. The van der Waals surface area contributed by atoms with Crippen LogP contribution in [-0.2, 0) is 0 Å². The van der Waals surface area contributed by atoms with Gasteiger partial charge in [0.05, 0.1) is 11.0 Å². The van der Waals surface area contributed by atoms with Crippen LogP contribution in [0, 0.1) is 5.82 Å². The average Bonchev–Trinajstić information content (AvgIpc) is 3.10. The first-order chi connectivity index (χ1) is 12.8. The highest BCUT2D eigenvalue weighted by molar-refractivity contribution is 5.82. The smallest absolute Gasteiger partial charge is 0.203 e. The molecule has 26 heavy (non-hydrogen) atoms. The Kier molecular flexibility index (Phi) is 3.58. The summed E-state index contributed by atoms with van der Waals surface area (Å²) in [5, 5.41) is 0. The first-order valence-corrected chi connectivity index (χ1v) is 8.81. The van der Waals surface area contributed by atoms with E-state index < -0.39 is 0 Å². The van der Waals surface area contributed by atoms with Crippen LogP contribution in [0.15, 0.2) is 36.4 Å². The van der Waals surface area contributed by atoms with Crippen LogP contribution < -0.4 is 19.3 Å². The zero-order chi connectivity index (χ0) is 17.5. The van der Waals surface area contributed by atoms with Crippen molar-refractivity contribution in [2.24, 2.45) is 0 Å². The van der Waals surface area contributed by atoms with Crippen LogP contribution in [0.3, 0.4) is 0 Å². The van der Waals surface area contributed by atoms with E-state index in [0.29, 0.717) is 13.2 Å². The molecule has 0 aliphatic carbocycles. The number of fused-ring (bicyclic) bond motifs is 2. The summed E-state index contributed by atoms with van der Waals surface area (Å²) < 4.78 is 24.4. The second-order valence-electron chi connectivity index (χ2n) is 6.52. The molecule has 1 fully saturated rings. The van der Waals surface area contributed by atoms with Gasteiger partial charge in [-0.2, -0.15) is 0 Å². The Morgan fingerprint density at radius 3 is 2.27 bits per heavy atom. The quantitative estimate of drug-likeness (QED) is 0.767. The van der Waals surface area contributed by atoms with E-state index in [4.69, 9.17) is 14.5 Å². The van der Waals surface area contributed by atoms with Crippen LogP contribution in [0.25, 0.3) is 11.0 Å². The molecule has 0 spiro atoms. The molecule has 3 aromatic rings. The predicted octanol–water partition coefficient (Wildman–Crippen LogP) is 2.80. The summed E-state index contributed by atoms with van der Waals surface area (Å²) in [6, 6.07) is 10.6. The Hall–Kier alpha value is -2.96. The molecule has 1 saturated heterocycles. The third-order valence-electron chi connectivity index (χ3n) is 4.90. The number of anilines is 2. The number of ether oxygens (including phenoxy) is 2. The zero-order valence-corrected chi connectivity index (χ0v) is 14.2. The Morgan fingerprint density at radius 2 is 1.54 bits per heavy atom. The van der Waals surface area contributed by atoms with Crippen molar-refractivity contribution in [2.75, 3.05) is 49.2 Å². The molecule has 2 aromatic carbocycles. The molecule has 3 heterocycles. The van der Waals surface area contributed by atoms with Gasteiger partial charge in [0, 0.05) is 44.0 Å². The molecule has 1 aromatic heterocycles. The van der Waals surface area contributed by atoms with Gasteiger partial charge >= 0.3 is 0 Å². The van der Waals surface area contributed by atoms with E-state index in [2.05, 4.69) is 14.8 Å². The molecule has 2 aliphatic rings. The van der Waals surface area contributed by atoms with E-state index in [1.807, 2.05) is 24.3 Å². The second kappa shape index (κ2) is 6.09. The molecule has 1 N–H and O–H groups in total. The molecule has 5 rings (SSSR count). The predicted molar refractivity (Wildman–Crippen MR) is 97.9 cm³/mol. The van der Waals surface area contributed by atoms with Crippen molar-refractivity contribution in [1.82, 2.24) is 9.97 Å². The summed E-state index contributed by atoms with van der Waals surface area (Å²) in [6.07, 6.45) is 0.